The lowest BCUT2D eigenvalue weighted by Crippen LogP contribution is -1.95. The highest BCUT2D eigenvalue weighted by molar-refractivity contribution is 5.93. The molecule has 5 heteroatoms. The Labute approximate surface area is 116 Å². The number of nitrogens with zero attached hydrogens (tertiary/aromatic N) is 1. The first kappa shape index (κ1) is 12.3. The van der Waals surface area contributed by atoms with Crippen molar-refractivity contribution in [1.82, 2.24) is 9.97 Å². The molecule has 5 N–H and O–H groups in total. The van der Waals surface area contributed by atoms with Gasteiger partial charge in [0.15, 0.2) is 0 Å². The van der Waals surface area contributed by atoms with Crippen molar-refractivity contribution in [2.24, 2.45) is 0 Å². The Kier molecular flexibility index (Phi) is 2.95. The van der Waals surface area contributed by atoms with E-state index in [9.17, 15) is 0 Å². The summed E-state index contributed by atoms with van der Waals surface area (Å²) in [6.07, 6.45) is 0.686. The number of imidazole rings is 1. The van der Waals surface area contributed by atoms with E-state index in [1.54, 1.807) is 13.2 Å². The molecule has 0 spiro atoms. The number of ether oxygens (including phenoxy) is 1. The maximum absolute atomic E-state index is 5.94. The van der Waals surface area contributed by atoms with Gasteiger partial charge in [0.25, 0.3) is 0 Å². The van der Waals surface area contributed by atoms with E-state index in [1.165, 1.54) is 0 Å². The predicted molar refractivity (Wildman–Crippen MR) is 80.7 cm³/mol. The van der Waals surface area contributed by atoms with Crippen molar-refractivity contribution in [3.8, 4) is 5.75 Å². The molecule has 0 bridgehead atoms. The molecule has 1 heterocycles. The molecule has 0 radical (unpaired) electrons. The first-order valence-corrected chi connectivity index (χ1v) is 6.33. The van der Waals surface area contributed by atoms with Gasteiger partial charge in [-0.15, -0.1) is 0 Å². The molecule has 0 aliphatic heterocycles. The normalized spacial score (nSPS) is 10.8. The Morgan fingerprint density at radius 3 is 2.85 bits per heavy atom. The van der Waals surface area contributed by atoms with E-state index in [0.717, 1.165) is 28.2 Å². The van der Waals surface area contributed by atoms with Crippen LogP contribution >= 0.6 is 0 Å². The molecule has 0 amide bonds. The van der Waals surface area contributed by atoms with E-state index in [-0.39, 0.29) is 0 Å². The van der Waals surface area contributed by atoms with Crippen LogP contribution in [0.1, 0.15) is 11.4 Å². The number of fused-ring (bicyclic) bond motifs is 1. The van der Waals surface area contributed by atoms with Gasteiger partial charge in [0.05, 0.1) is 24.0 Å². The zero-order chi connectivity index (χ0) is 14.1. The molecule has 102 valence electrons. The first-order chi connectivity index (χ1) is 9.67. The van der Waals surface area contributed by atoms with Gasteiger partial charge >= 0.3 is 0 Å². The summed E-state index contributed by atoms with van der Waals surface area (Å²) >= 11 is 0. The molecular weight excluding hydrogens is 252 g/mol. The number of nitrogen functional groups attached to an aromatic ring is 2. The van der Waals surface area contributed by atoms with E-state index in [2.05, 4.69) is 9.97 Å². The second kappa shape index (κ2) is 4.77. The Hall–Kier alpha value is -2.69. The molecule has 0 fully saturated rings. The highest BCUT2D eigenvalue weighted by Gasteiger charge is 2.08. The summed E-state index contributed by atoms with van der Waals surface area (Å²) in [5, 5.41) is 0. The van der Waals surface area contributed by atoms with E-state index >= 15 is 0 Å². The van der Waals surface area contributed by atoms with E-state index in [1.807, 2.05) is 30.3 Å². The fourth-order valence-electron chi connectivity index (χ4n) is 2.22. The average Bonchev–Trinajstić information content (AvgIpc) is 2.87. The maximum Gasteiger partial charge on any atom is 0.119 e. The third-order valence-electron chi connectivity index (χ3n) is 3.28. The summed E-state index contributed by atoms with van der Waals surface area (Å²) in [5.74, 6) is 1.69. The van der Waals surface area contributed by atoms with Crippen molar-refractivity contribution in [3.63, 3.8) is 0 Å². The number of nitrogens with one attached hydrogen (secondary N) is 1. The number of methoxy groups -OCH3 is 1. The lowest BCUT2D eigenvalue weighted by molar-refractivity contribution is 0.414. The molecule has 3 rings (SSSR count). The summed E-state index contributed by atoms with van der Waals surface area (Å²) < 4.78 is 5.22. The fraction of sp³-hybridized carbons (Fsp3) is 0.133. The molecule has 1 aromatic heterocycles. The van der Waals surface area contributed by atoms with Crippen LogP contribution < -0.4 is 16.2 Å². The van der Waals surface area contributed by atoms with Gasteiger partial charge in [-0.25, -0.2) is 4.98 Å². The molecule has 0 saturated heterocycles. The molecule has 0 saturated carbocycles. The van der Waals surface area contributed by atoms with Crippen LogP contribution in [0.4, 0.5) is 11.4 Å². The van der Waals surface area contributed by atoms with E-state index < -0.39 is 0 Å². The summed E-state index contributed by atoms with van der Waals surface area (Å²) in [4.78, 5) is 7.78. The van der Waals surface area contributed by atoms with Crippen molar-refractivity contribution < 1.29 is 4.74 Å². The lowest BCUT2D eigenvalue weighted by atomic mass is 10.1. The van der Waals surface area contributed by atoms with Gasteiger partial charge in [-0.2, -0.15) is 0 Å². The predicted octanol–water partition coefficient (Wildman–Crippen LogP) is 2.33. The quantitative estimate of drug-likeness (QED) is 0.636. The second-order valence-corrected chi connectivity index (χ2v) is 4.68. The minimum absolute atomic E-state index is 0.524. The maximum atomic E-state index is 5.94. The Balaban J connectivity index is 1.96. The number of hydrogen-bond acceptors (Lipinski definition) is 4. The van der Waals surface area contributed by atoms with Crippen molar-refractivity contribution in [1.29, 1.82) is 0 Å². The molecule has 5 nitrogen and oxygen atoms in total. The van der Waals surface area contributed by atoms with Crippen LogP contribution in [0.5, 0.6) is 5.75 Å². The van der Waals surface area contributed by atoms with Crippen LogP contribution in [-0.4, -0.2) is 17.1 Å². The van der Waals surface area contributed by atoms with Crippen LogP contribution in [0.15, 0.2) is 36.4 Å². The summed E-state index contributed by atoms with van der Waals surface area (Å²) in [6, 6.07) is 11.6. The number of anilines is 2. The van der Waals surface area contributed by atoms with Gasteiger partial charge in [-0.05, 0) is 29.8 Å². The zero-order valence-corrected chi connectivity index (χ0v) is 11.2. The minimum Gasteiger partial charge on any atom is -0.497 e. The SMILES string of the molecule is COc1cccc(Cc2nc3c(N)c(N)ccc3[nH]2)c1. The van der Waals surface area contributed by atoms with Crippen molar-refractivity contribution in [2.45, 2.75) is 6.42 Å². The third kappa shape index (κ3) is 2.14. The van der Waals surface area contributed by atoms with Gasteiger partial charge in [0.1, 0.15) is 17.1 Å². The van der Waals surface area contributed by atoms with E-state index in [4.69, 9.17) is 16.2 Å². The highest BCUT2D eigenvalue weighted by atomic mass is 16.5. The molecule has 0 aliphatic rings. The van der Waals surface area contributed by atoms with Crippen LogP contribution in [0, 0.1) is 0 Å². The molecule has 20 heavy (non-hydrogen) atoms. The third-order valence-corrected chi connectivity index (χ3v) is 3.28. The van der Waals surface area contributed by atoms with Crippen LogP contribution in [0.3, 0.4) is 0 Å². The number of hydrogen-bond donors (Lipinski definition) is 3. The van der Waals surface area contributed by atoms with Crippen LogP contribution in [-0.2, 0) is 6.42 Å². The molecule has 0 aliphatic carbocycles. The Bertz CT molecular complexity index is 764. The van der Waals surface area contributed by atoms with E-state index in [0.29, 0.717) is 17.8 Å². The largest absolute Gasteiger partial charge is 0.497 e. The zero-order valence-electron chi connectivity index (χ0n) is 11.2. The van der Waals surface area contributed by atoms with Gasteiger partial charge in [0, 0.05) is 6.42 Å². The van der Waals surface area contributed by atoms with Gasteiger partial charge < -0.3 is 21.2 Å². The Morgan fingerprint density at radius 1 is 1.20 bits per heavy atom. The number of aromatic amines is 1. The van der Waals surface area contributed by atoms with Crippen molar-refractivity contribution in [2.75, 3.05) is 18.6 Å². The average molecular weight is 268 g/mol. The second-order valence-electron chi connectivity index (χ2n) is 4.68. The fourth-order valence-corrected chi connectivity index (χ4v) is 2.22. The van der Waals surface area contributed by atoms with Crippen LogP contribution in [0.25, 0.3) is 11.0 Å². The Morgan fingerprint density at radius 2 is 2.05 bits per heavy atom. The molecule has 3 aromatic rings. The monoisotopic (exact) mass is 268 g/mol. The summed E-state index contributed by atoms with van der Waals surface area (Å²) in [6.45, 7) is 0. The first-order valence-electron chi connectivity index (χ1n) is 6.33. The molecule has 0 unspecified atom stereocenters. The number of aromatic nitrogens is 2. The number of nitrogens with two attached hydrogens (primary N) is 2. The molecule has 2 aromatic carbocycles. The highest BCUT2D eigenvalue weighted by Crippen LogP contribution is 2.25. The number of benzene rings is 2. The number of rotatable bonds is 3. The molecule has 0 atom stereocenters. The standard InChI is InChI=1S/C15H16N4O/c1-20-10-4-2-3-9(7-10)8-13-18-12-6-5-11(16)14(17)15(12)19-13/h2-7H,8,16-17H2,1H3,(H,18,19). The van der Waals surface area contributed by atoms with Gasteiger partial charge in [-0.1, -0.05) is 12.1 Å². The summed E-state index contributed by atoms with van der Waals surface area (Å²) in [7, 11) is 1.66. The lowest BCUT2D eigenvalue weighted by Gasteiger charge is -2.02. The minimum atomic E-state index is 0.524. The topological polar surface area (TPSA) is 89.9 Å². The van der Waals surface area contributed by atoms with Crippen molar-refractivity contribution in [3.05, 3.63) is 47.8 Å². The van der Waals surface area contributed by atoms with Crippen molar-refractivity contribution >= 4 is 22.4 Å². The summed E-state index contributed by atoms with van der Waals surface area (Å²) in [5.41, 5.74) is 15.6. The van der Waals surface area contributed by atoms with Crippen LogP contribution in [0.2, 0.25) is 0 Å². The van der Waals surface area contributed by atoms with Gasteiger partial charge in [0.2, 0.25) is 0 Å². The van der Waals surface area contributed by atoms with Gasteiger partial charge in [-0.3, -0.25) is 0 Å². The molecular formula is C15H16N4O. The number of H-pyrrole nitrogens is 1. The smallest absolute Gasteiger partial charge is 0.119 e.